The quantitative estimate of drug-likeness (QED) is 0.833. The van der Waals surface area contributed by atoms with Gasteiger partial charge in [-0.1, -0.05) is 23.7 Å². The fraction of sp³-hybridized carbons (Fsp3) is 0.364. The van der Waals surface area contributed by atoms with Gasteiger partial charge in [0.1, 0.15) is 0 Å². The van der Waals surface area contributed by atoms with Crippen LogP contribution in [0.25, 0.3) is 0 Å². The van der Waals surface area contributed by atoms with Gasteiger partial charge in [-0.3, -0.25) is 4.79 Å². The molecule has 0 saturated heterocycles. The standard InChI is InChI=1S/C11H11ClO2/c12-9-3-1-7(2-4-9)5-8-6-10(8)11(13)14/h1-4,8,10H,5-6H2,(H,13,14). The average molecular weight is 211 g/mol. The van der Waals surface area contributed by atoms with Crippen LogP contribution in [0.5, 0.6) is 0 Å². The first kappa shape index (κ1) is 9.53. The van der Waals surface area contributed by atoms with Crippen molar-refractivity contribution in [3.63, 3.8) is 0 Å². The van der Waals surface area contributed by atoms with Gasteiger partial charge in [-0.2, -0.15) is 0 Å². The maximum absolute atomic E-state index is 10.6. The van der Waals surface area contributed by atoms with Crippen molar-refractivity contribution < 1.29 is 9.90 Å². The van der Waals surface area contributed by atoms with Crippen LogP contribution < -0.4 is 0 Å². The van der Waals surface area contributed by atoms with E-state index in [-0.39, 0.29) is 5.92 Å². The third-order valence-corrected chi connectivity index (χ3v) is 2.90. The van der Waals surface area contributed by atoms with Crippen LogP contribution in [0.15, 0.2) is 24.3 Å². The summed E-state index contributed by atoms with van der Waals surface area (Å²) in [5.74, 6) is -0.455. The average Bonchev–Trinajstić information content (AvgIpc) is 2.88. The summed E-state index contributed by atoms with van der Waals surface area (Å²) in [6, 6.07) is 7.60. The molecule has 2 unspecified atom stereocenters. The van der Waals surface area contributed by atoms with E-state index >= 15 is 0 Å². The van der Waals surface area contributed by atoms with Crippen LogP contribution in [0.1, 0.15) is 12.0 Å². The minimum atomic E-state index is -0.663. The van der Waals surface area contributed by atoms with Crippen molar-refractivity contribution in [3.05, 3.63) is 34.9 Å². The molecule has 1 aromatic rings. The molecule has 1 N–H and O–H groups in total. The lowest BCUT2D eigenvalue weighted by Crippen LogP contribution is -2.00. The van der Waals surface area contributed by atoms with E-state index < -0.39 is 5.97 Å². The lowest BCUT2D eigenvalue weighted by Gasteiger charge is -1.99. The van der Waals surface area contributed by atoms with Gasteiger partial charge in [0.05, 0.1) is 5.92 Å². The number of rotatable bonds is 3. The molecule has 14 heavy (non-hydrogen) atoms. The molecule has 0 heterocycles. The highest BCUT2D eigenvalue weighted by atomic mass is 35.5. The third kappa shape index (κ3) is 2.07. The zero-order valence-electron chi connectivity index (χ0n) is 7.61. The van der Waals surface area contributed by atoms with Crippen molar-refractivity contribution in [2.24, 2.45) is 11.8 Å². The number of benzene rings is 1. The number of carboxylic acids is 1. The minimum absolute atomic E-state index is 0.120. The zero-order chi connectivity index (χ0) is 10.1. The van der Waals surface area contributed by atoms with Crippen molar-refractivity contribution in [3.8, 4) is 0 Å². The van der Waals surface area contributed by atoms with E-state index in [1.807, 2.05) is 24.3 Å². The topological polar surface area (TPSA) is 37.3 Å². The van der Waals surface area contributed by atoms with E-state index in [0.29, 0.717) is 5.92 Å². The Hall–Kier alpha value is -1.02. The summed E-state index contributed by atoms with van der Waals surface area (Å²) in [4.78, 5) is 10.6. The SMILES string of the molecule is O=C(O)C1CC1Cc1ccc(Cl)cc1. The number of carboxylic acid groups (broad SMARTS) is 1. The Morgan fingerprint density at radius 3 is 2.57 bits per heavy atom. The lowest BCUT2D eigenvalue weighted by molar-refractivity contribution is -0.138. The van der Waals surface area contributed by atoms with Gasteiger partial charge >= 0.3 is 5.97 Å². The van der Waals surface area contributed by atoms with Gasteiger partial charge in [-0.05, 0) is 36.5 Å². The van der Waals surface area contributed by atoms with Gasteiger partial charge in [0.15, 0.2) is 0 Å². The third-order valence-electron chi connectivity index (χ3n) is 2.65. The Labute approximate surface area is 87.5 Å². The molecule has 3 heteroatoms. The highest BCUT2D eigenvalue weighted by Gasteiger charge is 2.42. The second kappa shape index (κ2) is 3.62. The largest absolute Gasteiger partial charge is 0.481 e. The van der Waals surface area contributed by atoms with Crippen molar-refractivity contribution in [2.75, 3.05) is 0 Å². The fourth-order valence-corrected chi connectivity index (χ4v) is 1.82. The van der Waals surface area contributed by atoms with Crippen LogP contribution in [0.2, 0.25) is 5.02 Å². The molecule has 1 saturated carbocycles. The summed E-state index contributed by atoms with van der Waals surface area (Å²) in [6.45, 7) is 0. The molecule has 1 aliphatic carbocycles. The normalized spacial score (nSPS) is 24.6. The lowest BCUT2D eigenvalue weighted by atomic mass is 10.1. The number of hydrogen-bond donors (Lipinski definition) is 1. The van der Waals surface area contributed by atoms with Crippen LogP contribution >= 0.6 is 11.6 Å². The van der Waals surface area contributed by atoms with Crippen molar-refractivity contribution in [1.82, 2.24) is 0 Å². The number of aliphatic carboxylic acids is 1. The smallest absolute Gasteiger partial charge is 0.306 e. The first-order chi connectivity index (χ1) is 6.66. The molecule has 0 radical (unpaired) electrons. The summed E-state index contributed by atoms with van der Waals surface area (Å²) in [7, 11) is 0. The van der Waals surface area contributed by atoms with Gasteiger partial charge in [0.25, 0.3) is 0 Å². The summed E-state index contributed by atoms with van der Waals surface area (Å²) >= 11 is 5.75. The molecular formula is C11H11ClO2. The molecular weight excluding hydrogens is 200 g/mol. The predicted molar refractivity (Wildman–Crippen MR) is 54.4 cm³/mol. The first-order valence-corrected chi connectivity index (χ1v) is 5.02. The molecule has 0 bridgehead atoms. The monoisotopic (exact) mass is 210 g/mol. The van der Waals surface area contributed by atoms with Gasteiger partial charge < -0.3 is 5.11 Å². The van der Waals surface area contributed by atoms with E-state index in [1.54, 1.807) is 0 Å². The Balaban J connectivity index is 1.94. The van der Waals surface area contributed by atoms with Gasteiger partial charge in [0, 0.05) is 5.02 Å². The molecule has 2 rings (SSSR count). The van der Waals surface area contributed by atoms with Crippen LogP contribution in [-0.4, -0.2) is 11.1 Å². The van der Waals surface area contributed by atoms with E-state index in [4.69, 9.17) is 16.7 Å². The van der Waals surface area contributed by atoms with E-state index in [1.165, 1.54) is 5.56 Å². The summed E-state index contributed by atoms with van der Waals surface area (Å²) in [6.07, 6.45) is 1.67. The van der Waals surface area contributed by atoms with Crippen LogP contribution in [-0.2, 0) is 11.2 Å². The molecule has 0 amide bonds. The fourth-order valence-electron chi connectivity index (χ4n) is 1.70. The number of halogens is 1. The molecule has 1 fully saturated rings. The van der Waals surface area contributed by atoms with Crippen LogP contribution in [0.4, 0.5) is 0 Å². The maximum Gasteiger partial charge on any atom is 0.306 e. The summed E-state index contributed by atoms with van der Waals surface area (Å²) in [5, 5.41) is 9.45. The molecule has 1 aromatic carbocycles. The Bertz CT molecular complexity index is 345. The Kier molecular flexibility index (Phi) is 2.46. The second-order valence-corrected chi connectivity index (χ2v) is 4.21. The number of carbonyl (C=O) groups is 1. The molecule has 74 valence electrons. The van der Waals surface area contributed by atoms with Crippen LogP contribution in [0, 0.1) is 11.8 Å². The number of hydrogen-bond acceptors (Lipinski definition) is 1. The highest BCUT2D eigenvalue weighted by Crippen LogP contribution is 2.41. The van der Waals surface area contributed by atoms with Crippen LogP contribution in [0.3, 0.4) is 0 Å². The van der Waals surface area contributed by atoms with E-state index in [2.05, 4.69) is 0 Å². The Morgan fingerprint density at radius 2 is 2.07 bits per heavy atom. The molecule has 0 spiro atoms. The molecule has 0 aliphatic heterocycles. The Morgan fingerprint density at radius 1 is 1.43 bits per heavy atom. The van der Waals surface area contributed by atoms with Gasteiger partial charge in [-0.25, -0.2) is 0 Å². The predicted octanol–water partition coefficient (Wildman–Crippen LogP) is 2.60. The molecule has 1 aliphatic rings. The second-order valence-electron chi connectivity index (χ2n) is 3.77. The summed E-state index contributed by atoms with van der Waals surface area (Å²) < 4.78 is 0. The van der Waals surface area contributed by atoms with Crippen molar-refractivity contribution in [1.29, 1.82) is 0 Å². The van der Waals surface area contributed by atoms with E-state index in [0.717, 1.165) is 17.9 Å². The highest BCUT2D eigenvalue weighted by molar-refractivity contribution is 6.30. The molecule has 2 atom stereocenters. The van der Waals surface area contributed by atoms with Crippen molar-refractivity contribution in [2.45, 2.75) is 12.8 Å². The molecule has 0 aromatic heterocycles. The zero-order valence-corrected chi connectivity index (χ0v) is 8.37. The summed E-state index contributed by atoms with van der Waals surface area (Å²) in [5.41, 5.74) is 1.17. The minimum Gasteiger partial charge on any atom is -0.481 e. The van der Waals surface area contributed by atoms with E-state index in [9.17, 15) is 4.79 Å². The van der Waals surface area contributed by atoms with Crippen molar-refractivity contribution >= 4 is 17.6 Å². The maximum atomic E-state index is 10.6. The van der Waals surface area contributed by atoms with Gasteiger partial charge in [-0.15, -0.1) is 0 Å². The molecule has 2 nitrogen and oxygen atoms in total. The first-order valence-electron chi connectivity index (χ1n) is 4.64. The van der Waals surface area contributed by atoms with Gasteiger partial charge in [0.2, 0.25) is 0 Å².